The van der Waals surface area contributed by atoms with Gasteiger partial charge in [0.1, 0.15) is 11.5 Å². The first-order valence-corrected chi connectivity index (χ1v) is 5.79. The van der Waals surface area contributed by atoms with E-state index in [0.29, 0.717) is 17.1 Å². The van der Waals surface area contributed by atoms with Gasteiger partial charge in [-0.15, -0.1) is 0 Å². The number of carbonyl (C=O) groups excluding carboxylic acids is 1. The van der Waals surface area contributed by atoms with Gasteiger partial charge >= 0.3 is 5.97 Å². The molecule has 0 bridgehead atoms. The van der Waals surface area contributed by atoms with Crippen LogP contribution in [0.25, 0.3) is 0 Å². The van der Waals surface area contributed by atoms with Crippen LogP contribution in [0.1, 0.15) is 15.9 Å². The highest BCUT2D eigenvalue weighted by atomic mass is 16.5. The van der Waals surface area contributed by atoms with Crippen LogP contribution in [0.15, 0.2) is 48.5 Å². The predicted octanol–water partition coefficient (Wildman–Crippen LogP) is 2.76. The fourth-order valence-electron chi connectivity index (χ4n) is 1.62. The molecule has 0 amide bonds. The third kappa shape index (κ3) is 3.33. The van der Waals surface area contributed by atoms with Crippen molar-refractivity contribution in [2.75, 3.05) is 7.11 Å². The number of esters is 1. The first-order chi connectivity index (χ1) is 9.22. The Bertz CT molecular complexity index is 561. The maximum Gasteiger partial charge on any atom is 0.337 e. The highest BCUT2D eigenvalue weighted by Crippen LogP contribution is 2.22. The summed E-state index contributed by atoms with van der Waals surface area (Å²) in [5.41, 5.74) is 1.25. The van der Waals surface area contributed by atoms with E-state index in [-0.39, 0.29) is 12.6 Å². The van der Waals surface area contributed by atoms with E-state index in [2.05, 4.69) is 4.74 Å². The van der Waals surface area contributed by atoms with Crippen molar-refractivity contribution in [1.82, 2.24) is 0 Å². The molecule has 0 aliphatic carbocycles. The number of hydrogen-bond donors (Lipinski definition) is 1. The van der Waals surface area contributed by atoms with Crippen LogP contribution in [-0.4, -0.2) is 18.2 Å². The van der Waals surface area contributed by atoms with Crippen molar-refractivity contribution < 1.29 is 19.4 Å². The molecule has 0 aliphatic rings. The van der Waals surface area contributed by atoms with Gasteiger partial charge in [0, 0.05) is 0 Å². The smallest absolute Gasteiger partial charge is 0.337 e. The van der Waals surface area contributed by atoms with Crippen molar-refractivity contribution in [3.05, 3.63) is 59.7 Å². The van der Waals surface area contributed by atoms with E-state index in [1.165, 1.54) is 7.11 Å². The standard InChI is InChI=1S/C15H14O4/c1-18-15(17)12-5-7-13(8-6-12)19-14-4-2-3-11(9-14)10-16/h2-9,16H,10H2,1H3. The van der Waals surface area contributed by atoms with E-state index < -0.39 is 0 Å². The molecule has 0 saturated carbocycles. The van der Waals surface area contributed by atoms with Gasteiger partial charge in [0.25, 0.3) is 0 Å². The van der Waals surface area contributed by atoms with E-state index in [9.17, 15) is 4.79 Å². The van der Waals surface area contributed by atoms with Crippen molar-refractivity contribution in [3.8, 4) is 11.5 Å². The zero-order chi connectivity index (χ0) is 13.7. The molecule has 1 N–H and O–H groups in total. The molecule has 0 aliphatic heterocycles. The molecule has 0 radical (unpaired) electrons. The van der Waals surface area contributed by atoms with Gasteiger partial charge in [0.15, 0.2) is 0 Å². The maximum atomic E-state index is 11.3. The second-order valence-electron chi connectivity index (χ2n) is 3.92. The van der Waals surface area contributed by atoms with Gasteiger partial charge in [-0.2, -0.15) is 0 Å². The molecule has 4 heteroatoms. The van der Waals surface area contributed by atoms with Gasteiger partial charge in [-0.1, -0.05) is 12.1 Å². The van der Waals surface area contributed by atoms with Gasteiger partial charge < -0.3 is 14.6 Å². The summed E-state index contributed by atoms with van der Waals surface area (Å²) in [6.45, 7) is -0.0293. The Kier molecular flexibility index (Phi) is 4.15. The number of hydrogen-bond acceptors (Lipinski definition) is 4. The lowest BCUT2D eigenvalue weighted by atomic mass is 10.2. The predicted molar refractivity (Wildman–Crippen MR) is 70.2 cm³/mol. The van der Waals surface area contributed by atoms with E-state index in [1.807, 2.05) is 12.1 Å². The Morgan fingerprint density at radius 2 is 1.84 bits per heavy atom. The Balaban J connectivity index is 2.12. The second-order valence-corrected chi connectivity index (χ2v) is 3.92. The molecule has 19 heavy (non-hydrogen) atoms. The first-order valence-electron chi connectivity index (χ1n) is 5.79. The topological polar surface area (TPSA) is 55.8 Å². The van der Waals surface area contributed by atoms with E-state index in [0.717, 1.165) is 5.56 Å². The van der Waals surface area contributed by atoms with Crippen LogP contribution < -0.4 is 4.74 Å². The van der Waals surface area contributed by atoms with Gasteiger partial charge in [-0.3, -0.25) is 0 Å². The van der Waals surface area contributed by atoms with Crippen LogP contribution in [0.3, 0.4) is 0 Å². The number of benzene rings is 2. The normalized spacial score (nSPS) is 10.0. The highest BCUT2D eigenvalue weighted by Gasteiger charge is 2.05. The number of aliphatic hydroxyl groups is 1. The average molecular weight is 258 g/mol. The van der Waals surface area contributed by atoms with Crippen molar-refractivity contribution in [3.63, 3.8) is 0 Å². The third-order valence-electron chi connectivity index (χ3n) is 2.59. The molecule has 98 valence electrons. The number of carbonyl (C=O) groups is 1. The number of aliphatic hydroxyl groups excluding tert-OH is 1. The summed E-state index contributed by atoms with van der Waals surface area (Å²) in [6, 6.07) is 13.8. The Labute approximate surface area is 111 Å². The minimum atomic E-state index is -0.381. The molecule has 2 aromatic rings. The maximum absolute atomic E-state index is 11.3. The largest absolute Gasteiger partial charge is 0.465 e. The van der Waals surface area contributed by atoms with E-state index >= 15 is 0 Å². The van der Waals surface area contributed by atoms with Crippen LogP contribution in [0.4, 0.5) is 0 Å². The average Bonchev–Trinajstić information content (AvgIpc) is 2.47. The molecule has 0 unspecified atom stereocenters. The Morgan fingerprint density at radius 3 is 2.47 bits per heavy atom. The van der Waals surface area contributed by atoms with Gasteiger partial charge in [0.05, 0.1) is 19.3 Å². The molecule has 0 atom stereocenters. The zero-order valence-electron chi connectivity index (χ0n) is 10.5. The molecular weight excluding hydrogens is 244 g/mol. The zero-order valence-corrected chi connectivity index (χ0v) is 10.5. The van der Waals surface area contributed by atoms with Gasteiger partial charge in [-0.25, -0.2) is 4.79 Å². The molecule has 0 aromatic heterocycles. The molecule has 0 spiro atoms. The summed E-state index contributed by atoms with van der Waals surface area (Å²) in [7, 11) is 1.34. The molecule has 2 rings (SSSR count). The molecular formula is C15H14O4. The summed E-state index contributed by atoms with van der Waals surface area (Å²) in [6.07, 6.45) is 0. The summed E-state index contributed by atoms with van der Waals surface area (Å²) in [5.74, 6) is 0.869. The van der Waals surface area contributed by atoms with Crippen molar-refractivity contribution in [1.29, 1.82) is 0 Å². The van der Waals surface area contributed by atoms with Crippen LogP contribution in [0, 0.1) is 0 Å². The van der Waals surface area contributed by atoms with Crippen molar-refractivity contribution in [2.24, 2.45) is 0 Å². The quantitative estimate of drug-likeness (QED) is 0.857. The van der Waals surface area contributed by atoms with Crippen LogP contribution in [0.5, 0.6) is 11.5 Å². The molecule has 0 saturated heterocycles. The summed E-state index contributed by atoms with van der Waals surface area (Å²) in [4.78, 5) is 11.3. The number of rotatable bonds is 4. The number of ether oxygens (including phenoxy) is 2. The number of methoxy groups -OCH3 is 1. The summed E-state index contributed by atoms with van der Waals surface area (Å²) >= 11 is 0. The molecule has 4 nitrogen and oxygen atoms in total. The Morgan fingerprint density at radius 1 is 1.11 bits per heavy atom. The first kappa shape index (κ1) is 13.1. The van der Waals surface area contributed by atoms with Gasteiger partial charge in [0.2, 0.25) is 0 Å². The summed E-state index contributed by atoms with van der Waals surface area (Å²) < 4.78 is 10.2. The second kappa shape index (κ2) is 6.02. The molecule has 0 heterocycles. The monoisotopic (exact) mass is 258 g/mol. The lowest BCUT2D eigenvalue weighted by molar-refractivity contribution is 0.0600. The molecule has 0 fully saturated rings. The van der Waals surface area contributed by atoms with Crippen molar-refractivity contribution >= 4 is 5.97 Å². The fourth-order valence-corrected chi connectivity index (χ4v) is 1.62. The minimum Gasteiger partial charge on any atom is -0.465 e. The van der Waals surface area contributed by atoms with Crippen LogP contribution in [-0.2, 0) is 11.3 Å². The van der Waals surface area contributed by atoms with E-state index in [1.54, 1.807) is 36.4 Å². The SMILES string of the molecule is COC(=O)c1ccc(Oc2cccc(CO)c2)cc1. The fraction of sp³-hybridized carbons (Fsp3) is 0.133. The van der Waals surface area contributed by atoms with Gasteiger partial charge in [-0.05, 0) is 42.0 Å². The lowest BCUT2D eigenvalue weighted by Gasteiger charge is -2.07. The van der Waals surface area contributed by atoms with Crippen LogP contribution >= 0.6 is 0 Å². The lowest BCUT2D eigenvalue weighted by Crippen LogP contribution is -2.00. The molecule has 2 aromatic carbocycles. The van der Waals surface area contributed by atoms with Crippen molar-refractivity contribution in [2.45, 2.75) is 6.61 Å². The third-order valence-corrected chi connectivity index (χ3v) is 2.59. The minimum absolute atomic E-state index is 0.0293. The van der Waals surface area contributed by atoms with E-state index in [4.69, 9.17) is 9.84 Å². The Hall–Kier alpha value is -2.33. The highest BCUT2D eigenvalue weighted by molar-refractivity contribution is 5.89. The summed E-state index contributed by atoms with van der Waals surface area (Å²) in [5, 5.41) is 9.05. The van der Waals surface area contributed by atoms with Crippen LogP contribution in [0.2, 0.25) is 0 Å².